The number of ether oxygens (including phenoxy) is 1. The Labute approximate surface area is 106 Å². The van der Waals surface area contributed by atoms with Gasteiger partial charge >= 0.3 is 6.01 Å². The summed E-state index contributed by atoms with van der Waals surface area (Å²) in [6.45, 7) is 4.51. The molecule has 98 valence electrons. The Kier molecular flexibility index (Phi) is 5.07. The Morgan fingerprint density at radius 1 is 1.44 bits per heavy atom. The minimum Gasteiger partial charge on any atom is -0.467 e. The fraction of sp³-hybridized carbons (Fsp3) is 0.600. The van der Waals surface area contributed by atoms with Gasteiger partial charge in [0.05, 0.1) is 19.6 Å². The average Bonchev–Trinajstić information content (AvgIpc) is 2.38. The number of hydrogen-bond acceptors (Lipinski definition) is 8. The lowest BCUT2D eigenvalue weighted by molar-refractivity contribution is 0.378. The predicted octanol–water partition coefficient (Wildman–Crippen LogP) is 0.294. The number of nitrogen functional groups attached to an aromatic ring is 1. The molecule has 0 atom stereocenters. The van der Waals surface area contributed by atoms with Crippen molar-refractivity contribution in [1.82, 2.24) is 15.0 Å². The molecule has 0 aliphatic rings. The highest BCUT2D eigenvalue weighted by Gasteiger charge is 2.16. The Bertz CT molecular complexity index is 406. The van der Waals surface area contributed by atoms with Crippen molar-refractivity contribution in [2.75, 3.05) is 24.0 Å². The molecule has 3 N–H and O–H groups in total. The fourth-order valence-corrected chi connectivity index (χ4v) is 1.39. The van der Waals surface area contributed by atoms with E-state index in [1.54, 1.807) is 0 Å². The van der Waals surface area contributed by atoms with E-state index >= 15 is 0 Å². The van der Waals surface area contributed by atoms with Gasteiger partial charge in [0.15, 0.2) is 0 Å². The van der Waals surface area contributed by atoms with Gasteiger partial charge in [0, 0.05) is 12.6 Å². The lowest BCUT2D eigenvalue weighted by Crippen LogP contribution is -2.33. The fourth-order valence-electron chi connectivity index (χ4n) is 1.39. The Morgan fingerprint density at radius 3 is 2.67 bits per heavy atom. The van der Waals surface area contributed by atoms with E-state index in [-0.39, 0.29) is 18.0 Å². The smallest absolute Gasteiger partial charge is 0.322 e. The van der Waals surface area contributed by atoms with Crippen LogP contribution in [0.25, 0.3) is 0 Å². The van der Waals surface area contributed by atoms with Gasteiger partial charge < -0.3 is 9.64 Å². The van der Waals surface area contributed by atoms with E-state index in [1.165, 1.54) is 7.11 Å². The zero-order valence-electron chi connectivity index (χ0n) is 10.7. The molecular weight excluding hydrogens is 234 g/mol. The predicted molar refractivity (Wildman–Crippen MR) is 66.9 cm³/mol. The van der Waals surface area contributed by atoms with Gasteiger partial charge in [-0.3, -0.25) is 5.43 Å². The van der Waals surface area contributed by atoms with Crippen molar-refractivity contribution in [1.29, 1.82) is 5.26 Å². The van der Waals surface area contributed by atoms with Crippen molar-refractivity contribution >= 4 is 11.9 Å². The van der Waals surface area contributed by atoms with Crippen molar-refractivity contribution < 1.29 is 4.74 Å². The SMILES string of the molecule is COc1nc(NN)nc(N(CCC#N)C(C)C)n1. The monoisotopic (exact) mass is 251 g/mol. The molecule has 0 aliphatic heterocycles. The van der Waals surface area contributed by atoms with Crippen molar-refractivity contribution in [3.05, 3.63) is 0 Å². The number of nitrogens with zero attached hydrogens (tertiary/aromatic N) is 5. The summed E-state index contributed by atoms with van der Waals surface area (Å²) < 4.78 is 4.98. The number of hydrogen-bond donors (Lipinski definition) is 2. The molecule has 0 aromatic carbocycles. The van der Waals surface area contributed by atoms with Crippen LogP contribution in [0.2, 0.25) is 0 Å². The van der Waals surface area contributed by atoms with E-state index in [2.05, 4.69) is 26.4 Å². The standard InChI is InChI=1S/C10H17N7O/c1-7(2)17(6-4-5-11)9-13-8(16-12)14-10(15-9)18-3/h7H,4,6,12H2,1-3H3,(H,13,14,15,16). The molecule has 8 heteroatoms. The molecule has 0 radical (unpaired) electrons. The molecule has 0 spiro atoms. The molecular formula is C10H17N7O. The summed E-state index contributed by atoms with van der Waals surface area (Å²) in [5, 5.41) is 8.66. The third-order valence-electron chi connectivity index (χ3n) is 2.26. The molecule has 0 unspecified atom stereocenters. The summed E-state index contributed by atoms with van der Waals surface area (Å²) in [4.78, 5) is 14.1. The van der Waals surface area contributed by atoms with E-state index in [9.17, 15) is 0 Å². The number of aromatic nitrogens is 3. The summed E-state index contributed by atoms with van der Waals surface area (Å²) in [6.07, 6.45) is 0.386. The van der Waals surface area contributed by atoms with Crippen LogP contribution in [-0.4, -0.2) is 34.6 Å². The van der Waals surface area contributed by atoms with Crippen LogP contribution in [0.5, 0.6) is 6.01 Å². The normalized spacial score (nSPS) is 10.0. The maximum atomic E-state index is 8.66. The van der Waals surface area contributed by atoms with Crippen LogP contribution >= 0.6 is 0 Å². The highest BCUT2D eigenvalue weighted by atomic mass is 16.5. The van der Waals surface area contributed by atoms with E-state index in [4.69, 9.17) is 15.8 Å². The average molecular weight is 251 g/mol. The molecule has 1 rings (SSSR count). The van der Waals surface area contributed by atoms with Crippen LogP contribution in [0.3, 0.4) is 0 Å². The number of nitrogens with one attached hydrogen (secondary N) is 1. The maximum absolute atomic E-state index is 8.66. The highest BCUT2D eigenvalue weighted by Crippen LogP contribution is 2.16. The maximum Gasteiger partial charge on any atom is 0.322 e. The largest absolute Gasteiger partial charge is 0.467 e. The Morgan fingerprint density at radius 2 is 2.17 bits per heavy atom. The summed E-state index contributed by atoms with van der Waals surface area (Å²) in [6, 6.07) is 2.42. The number of nitrogens with two attached hydrogens (primary N) is 1. The van der Waals surface area contributed by atoms with Crippen LogP contribution < -0.4 is 20.9 Å². The van der Waals surface area contributed by atoms with Gasteiger partial charge in [-0.1, -0.05) is 0 Å². The van der Waals surface area contributed by atoms with Gasteiger partial charge in [0.2, 0.25) is 11.9 Å². The number of nitriles is 1. The lowest BCUT2D eigenvalue weighted by atomic mass is 10.3. The van der Waals surface area contributed by atoms with Crippen LogP contribution in [0.4, 0.5) is 11.9 Å². The molecule has 0 fully saturated rings. The summed E-state index contributed by atoms with van der Waals surface area (Å²) >= 11 is 0. The summed E-state index contributed by atoms with van der Waals surface area (Å²) in [5.74, 6) is 5.94. The van der Waals surface area contributed by atoms with Gasteiger partial charge in [0.25, 0.3) is 0 Å². The van der Waals surface area contributed by atoms with Gasteiger partial charge in [-0.05, 0) is 13.8 Å². The number of methoxy groups -OCH3 is 1. The number of anilines is 2. The zero-order valence-corrected chi connectivity index (χ0v) is 10.7. The topological polar surface area (TPSA) is 113 Å². The molecule has 18 heavy (non-hydrogen) atoms. The first-order valence-corrected chi connectivity index (χ1v) is 5.52. The summed E-state index contributed by atoms with van der Waals surface area (Å²) in [7, 11) is 1.47. The first kappa shape index (κ1) is 13.9. The Hall–Kier alpha value is -2.14. The van der Waals surface area contributed by atoms with Crippen LogP contribution in [0.15, 0.2) is 0 Å². The molecule has 0 aliphatic carbocycles. The quantitative estimate of drug-likeness (QED) is 0.548. The molecule has 1 aromatic rings. The van der Waals surface area contributed by atoms with Crippen molar-refractivity contribution in [2.24, 2.45) is 5.84 Å². The number of rotatable bonds is 6. The molecule has 0 amide bonds. The first-order chi connectivity index (χ1) is 8.62. The minimum atomic E-state index is 0.149. The minimum absolute atomic E-state index is 0.149. The zero-order chi connectivity index (χ0) is 13.5. The van der Waals surface area contributed by atoms with Crippen molar-refractivity contribution in [3.63, 3.8) is 0 Å². The third kappa shape index (κ3) is 3.43. The van der Waals surface area contributed by atoms with Gasteiger partial charge in [-0.25, -0.2) is 5.84 Å². The molecule has 0 saturated carbocycles. The third-order valence-corrected chi connectivity index (χ3v) is 2.26. The van der Waals surface area contributed by atoms with Crippen LogP contribution in [-0.2, 0) is 0 Å². The molecule has 1 heterocycles. The van der Waals surface area contributed by atoms with E-state index < -0.39 is 0 Å². The lowest BCUT2D eigenvalue weighted by Gasteiger charge is -2.25. The Balaban J connectivity index is 3.06. The van der Waals surface area contributed by atoms with E-state index in [0.29, 0.717) is 18.9 Å². The van der Waals surface area contributed by atoms with Gasteiger partial charge in [-0.15, -0.1) is 0 Å². The first-order valence-electron chi connectivity index (χ1n) is 5.52. The highest BCUT2D eigenvalue weighted by molar-refractivity contribution is 5.38. The second-order valence-electron chi connectivity index (χ2n) is 3.79. The molecule has 8 nitrogen and oxygen atoms in total. The number of hydrazine groups is 1. The van der Waals surface area contributed by atoms with Gasteiger partial charge in [-0.2, -0.15) is 20.2 Å². The van der Waals surface area contributed by atoms with E-state index in [0.717, 1.165) is 0 Å². The van der Waals surface area contributed by atoms with Crippen LogP contribution in [0, 0.1) is 11.3 Å². The second kappa shape index (κ2) is 6.56. The molecule has 0 bridgehead atoms. The van der Waals surface area contributed by atoms with E-state index in [1.807, 2.05) is 18.7 Å². The van der Waals surface area contributed by atoms with Crippen molar-refractivity contribution in [3.8, 4) is 12.1 Å². The van der Waals surface area contributed by atoms with Crippen molar-refractivity contribution in [2.45, 2.75) is 26.3 Å². The van der Waals surface area contributed by atoms with Crippen LogP contribution in [0.1, 0.15) is 20.3 Å². The summed E-state index contributed by atoms with van der Waals surface area (Å²) in [5.41, 5.74) is 2.36. The second-order valence-corrected chi connectivity index (χ2v) is 3.79. The molecule has 0 saturated heterocycles. The molecule has 1 aromatic heterocycles. The van der Waals surface area contributed by atoms with Gasteiger partial charge in [0.1, 0.15) is 0 Å².